The lowest BCUT2D eigenvalue weighted by atomic mass is 10.2. The first-order valence-electron chi connectivity index (χ1n) is 6.15. The largest absolute Gasteiger partial charge is 0.454 e. The van der Waals surface area contributed by atoms with Gasteiger partial charge in [-0.1, -0.05) is 12.1 Å². The lowest BCUT2D eigenvalue weighted by Gasteiger charge is -2.10. The standard InChI is InChI=1S/C14H15N3O2/c1-9-6-15-10(2)14(17-9)16-7-11-4-3-5-12-13(11)19-8-18-12/h3-6H,7-8H2,1-2H3,(H,16,17). The van der Waals surface area contributed by atoms with Crippen LogP contribution in [0.15, 0.2) is 24.4 Å². The summed E-state index contributed by atoms with van der Waals surface area (Å²) in [6, 6.07) is 5.88. The number of benzene rings is 1. The molecule has 5 nitrogen and oxygen atoms in total. The first-order chi connectivity index (χ1) is 9.24. The molecule has 1 aliphatic heterocycles. The Morgan fingerprint density at radius 2 is 2.16 bits per heavy atom. The molecule has 1 aromatic carbocycles. The van der Waals surface area contributed by atoms with Gasteiger partial charge in [-0.3, -0.25) is 4.98 Å². The Morgan fingerprint density at radius 3 is 3.05 bits per heavy atom. The van der Waals surface area contributed by atoms with E-state index in [2.05, 4.69) is 15.3 Å². The van der Waals surface area contributed by atoms with Crippen molar-refractivity contribution in [2.75, 3.05) is 12.1 Å². The maximum Gasteiger partial charge on any atom is 0.231 e. The summed E-state index contributed by atoms with van der Waals surface area (Å²) in [6.07, 6.45) is 1.76. The molecule has 0 radical (unpaired) electrons. The Morgan fingerprint density at radius 1 is 1.26 bits per heavy atom. The molecular weight excluding hydrogens is 242 g/mol. The maximum absolute atomic E-state index is 5.47. The van der Waals surface area contributed by atoms with Gasteiger partial charge in [0.15, 0.2) is 11.5 Å². The summed E-state index contributed by atoms with van der Waals surface area (Å²) in [4.78, 5) is 8.72. The third kappa shape index (κ3) is 2.31. The molecule has 0 bridgehead atoms. The summed E-state index contributed by atoms with van der Waals surface area (Å²) in [5.41, 5.74) is 2.83. The zero-order chi connectivity index (χ0) is 13.2. The summed E-state index contributed by atoms with van der Waals surface area (Å²) in [6.45, 7) is 4.78. The van der Waals surface area contributed by atoms with E-state index in [4.69, 9.17) is 9.47 Å². The molecule has 1 aromatic heterocycles. The maximum atomic E-state index is 5.47. The van der Waals surface area contributed by atoms with Crippen LogP contribution in [0.1, 0.15) is 17.0 Å². The molecule has 0 amide bonds. The zero-order valence-corrected chi connectivity index (χ0v) is 10.9. The van der Waals surface area contributed by atoms with E-state index in [-0.39, 0.29) is 6.79 Å². The van der Waals surface area contributed by atoms with Crippen LogP contribution in [0.4, 0.5) is 5.82 Å². The summed E-state index contributed by atoms with van der Waals surface area (Å²) >= 11 is 0. The molecule has 1 aliphatic rings. The van der Waals surface area contributed by atoms with E-state index >= 15 is 0 Å². The van der Waals surface area contributed by atoms with Crippen molar-refractivity contribution in [2.24, 2.45) is 0 Å². The first-order valence-corrected chi connectivity index (χ1v) is 6.15. The quantitative estimate of drug-likeness (QED) is 0.915. The Labute approximate surface area is 111 Å². The van der Waals surface area contributed by atoms with Crippen LogP contribution in [-0.4, -0.2) is 16.8 Å². The molecule has 98 valence electrons. The average Bonchev–Trinajstić information content (AvgIpc) is 2.88. The van der Waals surface area contributed by atoms with E-state index in [1.54, 1.807) is 6.20 Å². The van der Waals surface area contributed by atoms with Gasteiger partial charge in [0.2, 0.25) is 6.79 Å². The van der Waals surface area contributed by atoms with Crippen molar-refractivity contribution in [1.29, 1.82) is 0 Å². The van der Waals surface area contributed by atoms with Crippen LogP contribution in [0.3, 0.4) is 0 Å². The molecule has 5 heteroatoms. The molecule has 0 unspecified atom stereocenters. The van der Waals surface area contributed by atoms with E-state index in [0.29, 0.717) is 6.54 Å². The van der Waals surface area contributed by atoms with Gasteiger partial charge >= 0.3 is 0 Å². The second-order valence-electron chi connectivity index (χ2n) is 4.45. The SMILES string of the molecule is Cc1cnc(C)c(NCc2cccc3c2OCO3)n1. The van der Waals surface area contributed by atoms with Gasteiger partial charge in [0.25, 0.3) is 0 Å². The van der Waals surface area contributed by atoms with Crippen molar-refractivity contribution in [1.82, 2.24) is 9.97 Å². The van der Waals surface area contributed by atoms with Crippen molar-refractivity contribution in [3.63, 3.8) is 0 Å². The number of fused-ring (bicyclic) bond motifs is 1. The smallest absolute Gasteiger partial charge is 0.231 e. The number of nitrogens with zero attached hydrogens (tertiary/aromatic N) is 2. The van der Waals surface area contributed by atoms with Gasteiger partial charge in [0.05, 0.1) is 11.4 Å². The third-order valence-electron chi connectivity index (χ3n) is 3.00. The third-order valence-corrected chi connectivity index (χ3v) is 3.00. The molecule has 0 fully saturated rings. The number of aromatic nitrogens is 2. The molecule has 19 heavy (non-hydrogen) atoms. The second kappa shape index (κ2) is 4.76. The molecule has 0 saturated carbocycles. The fraction of sp³-hybridized carbons (Fsp3) is 0.286. The van der Waals surface area contributed by atoms with Gasteiger partial charge in [-0.25, -0.2) is 4.98 Å². The molecule has 0 spiro atoms. The summed E-state index contributed by atoms with van der Waals surface area (Å²) in [5, 5.41) is 3.29. The molecule has 1 N–H and O–H groups in total. The fourth-order valence-corrected chi connectivity index (χ4v) is 2.01. The number of rotatable bonds is 3. The van der Waals surface area contributed by atoms with E-state index in [1.807, 2.05) is 32.0 Å². The highest BCUT2D eigenvalue weighted by molar-refractivity contribution is 5.50. The van der Waals surface area contributed by atoms with Crippen molar-refractivity contribution in [3.05, 3.63) is 41.3 Å². The zero-order valence-electron chi connectivity index (χ0n) is 10.9. The number of nitrogens with one attached hydrogen (secondary N) is 1. The van der Waals surface area contributed by atoms with Crippen LogP contribution in [-0.2, 0) is 6.54 Å². The lowest BCUT2D eigenvalue weighted by Crippen LogP contribution is -2.06. The minimum atomic E-state index is 0.287. The normalized spacial score (nSPS) is 12.5. The summed E-state index contributed by atoms with van der Waals surface area (Å²) in [5.74, 6) is 2.41. The van der Waals surface area contributed by atoms with Crippen LogP contribution in [0.2, 0.25) is 0 Å². The number of anilines is 1. The molecule has 0 atom stereocenters. The van der Waals surface area contributed by atoms with E-state index in [0.717, 1.165) is 34.3 Å². The summed E-state index contributed by atoms with van der Waals surface area (Å²) in [7, 11) is 0. The van der Waals surface area contributed by atoms with Gasteiger partial charge in [-0.2, -0.15) is 0 Å². The first kappa shape index (κ1) is 11.8. The van der Waals surface area contributed by atoms with E-state index in [9.17, 15) is 0 Å². The predicted octanol–water partition coefficient (Wildman–Crippen LogP) is 2.43. The van der Waals surface area contributed by atoms with Gasteiger partial charge in [-0.05, 0) is 19.9 Å². The van der Waals surface area contributed by atoms with Crippen LogP contribution in [0, 0.1) is 13.8 Å². The van der Waals surface area contributed by atoms with Crippen LogP contribution < -0.4 is 14.8 Å². The minimum Gasteiger partial charge on any atom is -0.454 e. The van der Waals surface area contributed by atoms with Crippen molar-refractivity contribution < 1.29 is 9.47 Å². The number of hydrogen-bond acceptors (Lipinski definition) is 5. The van der Waals surface area contributed by atoms with E-state index in [1.165, 1.54) is 0 Å². The van der Waals surface area contributed by atoms with Gasteiger partial charge < -0.3 is 14.8 Å². The Bertz CT molecular complexity index is 614. The number of para-hydroxylation sites is 1. The highest BCUT2D eigenvalue weighted by Crippen LogP contribution is 2.35. The topological polar surface area (TPSA) is 56.3 Å². The number of hydrogen-bond donors (Lipinski definition) is 1. The molecular formula is C14H15N3O2. The van der Waals surface area contributed by atoms with Crippen molar-refractivity contribution >= 4 is 5.82 Å². The Hall–Kier alpha value is -2.30. The predicted molar refractivity (Wildman–Crippen MR) is 71.4 cm³/mol. The van der Waals surface area contributed by atoms with E-state index < -0.39 is 0 Å². The number of aryl methyl sites for hydroxylation is 2. The van der Waals surface area contributed by atoms with Gasteiger partial charge in [-0.15, -0.1) is 0 Å². The van der Waals surface area contributed by atoms with Crippen LogP contribution in [0.5, 0.6) is 11.5 Å². The average molecular weight is 257 g/mol. The fourth-order valence-electron chi connectivity index (χ4n) is 2.01. The van der Waals surface area contributed by atoms with Crippen molar-refractivity contribution in [2.45, 2.75) is 20.4 Å². The lowest BCUT2D eigenvalue weighted by molar-refractivity contribution is 0.173. The molecule has 0 aliphatic carbocycles. The molecule has 3 rings (SSSR count). The highest BCUT2D eigenvalue weighted by Gasteiger charge is 2.17. The minimum absolute atomic E-state index is 0.287. The molecule has 2 aromatic rings. The Kier molecular flexibility index (Phi) is 2.95. The van der Waals surface area contributed by atoms with Crippen LogP contribution in [0.25, 0.3) is 0 Å². The van der Waals surface area contributed by atoms with Gasteiger partial charge in [0, 0.05) is 18.3 Å². The Balaban J connectivity index is 1.80. The highest BCUT2D eigenvalue weighted by atomic mass is 16.7. The molecule has 2 heterocycles. The molecule has 0 saturated heterocycles. The number of ether oxygens (including phenoxy) is 2. The van der Waals surface area contributed by atoms with Crippen molar-refractivity contribution in [3.8, 4) is 11.5 Å². The monoisotopic (exact) mass is 257 g/mol. The van der Waals surface area contributed by atoms with Crippen LogP contribution >= 0.6 is 0 Å². The second-order valence-corrected chi connectivity index (χ2v) is 4.45. The van der Waals surface area contributed by atoms with Gasteiger partial charge in [0.1, 0.15) is 5.82 Å². The summed E-state index contributed by atoms with van der Waals surface area (Å²) < 4.78 is 10.8.